The molecule has 5 nitrogen and oxygen atoms in total. The molecule has 1 saturated heterocycles. The molecule has 0 aliphatic carbocycles. The van der Waals surface area contributed by atoms with Gasteiger partial charge in [0.2, 0.25) is 10.0 Å². The van der Waals surface area contributed by atoms with Crippen molar-refractivity contribution < 1.29 is 18.3 Å². The summed E-state index contributed by atoms with van der Waals surface area (Å²) in [4.78, 5) is 11.0. The highest BCUT2D eigenvalue weighted by Crippen LogP contribution is 2.26. The SMILES string of the molecule is Cc1ccc(C(=O)O)cc1S(=O)(=O)N1CCSC1. The molecule has 1 aromatic carbocycles. The summed E-state index contributed by atoms with van der Waals surface area (Å²) >= 11 is 1.55. The van der Waals surface area contributed by atoms with E-state index in [1.165, 1.54) is 22.5 Å². The smallest absolute Gasteiger partial charge is 0.335 e. The Morgan fingerprint density at radius 1 is 1.44 bits per heavy atom. The molecule has 0 spiro atoms. The van der Waals surface area contributed by atoms with Gasteiger partial charge in [-0.25, -0.2) is 13.2 Å². The Kier molecular flexibility index (Phi) is 3.65. The molecule has 7 heteroatoms. The monoisotopic (exact) mass is 287 g/mol. The second-order valence-corrected chi connectivity index (χ2v) is 6.98. The van der Waals surface area contributed by atoms with E-state index in [0.717, 1.165) is 5.75 Å². The maximum Gasteiger partial charge on any atom is 0.335 e. The van der Waals surface area contributed by atoms with Crippen LogP contribution in [-0.4, -0.2) is 42.0 Å². The van der Waals surface area contributed by atoms with E-state index in [4.69, 9.17) is 5.11 Å². The van der Waals surface area contributed by atoms with Crippen molar-refractivity contribution in [1.82, 2.24) is 4.31 Å². The van der Waals surface area contributed by atoms with Crippen molar-refractivity contribution in [3.63, 3.8) is 0 Å². The number of benzene rings is 1. The van der Waals surface area contributed by atoms with Crippen LogP contribution in [0.25, 0.3) is 0 Å². The van der Waals surface area contributed by atoms with Gasteiger partial charge in [0.05, 0.1) is 16.3 Å². The van der Waals surface area contributed by atoms with Crippen molar-refractivity contribution in [3.8, 4) is 0 Å². The maximum absolute atomic E-state index is 12.3. The van der Waals surface area contributed by atoms with Crippen LogP contribution >= 0.6 is 11.8 Å². The van der Waals surface area contributed by atoms with E-state index in [-0.39, 0.29) is 10.5 Å². The maximum atomic E-state index is 12.3. The van der Waals surface area contributed by atoms with Crippen molar-refractivity contribution in [2.75, 3.05) is 18.2 Å². The fourth-order valence-electron chi connectivity index (χ4n) is 1.74. The van der Waals surface area contributed by atoms with Crippen LogP contribution in [0.1, 0.15) is 15.9 Å². The Morgan fingerprint density at radius 2 is 2.17 bits per heavy atom. The van der Waals surface area contributed by atoms with Gasteiger partial charge in [0.1, 0.15) is 0 Å². The highest BCUT2D eigenvalue weighted by atomic mass is 32.2. The lowest BCUT2D eigenvalue weighted by atomic mass is 10.1. The third-order valence-corrected chi connectivity index (χ3v) is 5.89. The van der Waals surface area contributed by atoms with Gasteiger partial charge in [0.15, 0.2) is 0 Å². The summed E-state index contributed by atoms with van der Waals surface area (Å²) in [6.45, 7) is 2.14. The van der Waals surface area contributed by atoms with Gasteiger partial charge >= 0.3 is 5.97 Å². The first-order chi connectivity index (χ1) is 8.43. The predicted molar refractivity (Wildman–Crippen MR) is 69.4 cm³/mol. The van der Waals surface area contributed by atoms with E-state index in [1.807, 2.05) is 0 Å². The molecule has 0 bridgehead atoms. The van der Waals surface area contributed by atoms with Crippen molar-refractivity contribution >= 4 is 27.8 Å². The first-order valence-electron chi connectivity index (χ1n) is 5.35. The average molecular weight is 287 g/mol. The van der Waals surface area contributed by atoms with Crippen LogP contribution in [-0.2, 0) is 10.0 Å². The Labute approximate surface area is 110 Å². The number of hydrogen-bond donors (Lipinski definition) is 1. The number of carboxylic acid groups (broad SMARTS) is 1. The van der Waals surface area contributed by atoms with E-state index in [2.05, 4.69) is 0 Å². The number of rotatable bonds is 3. The molecule has 0 atom stereocenters. The lowest BCUT2D eigenvalue weighted by Crippen LogP contribution is -2.28. The number of hydrogen-bond acceptors (Lipinski definition) is 4. The molecule has 0 unspecified atom stereocenters. The predicted octanol–water partition coefficient (Wildman–Crippen LogP) is 1.39. The summed E-state index contributed by atoms with van der Waals surface area (Å²) in [5.74, 6) is 0.0814. The second kappa shape index (κ2) is 4.91. The van der Waals surface area contributed by atoms with E-state index in [0.29, 0.717) is 18.0 Å². The van der Waals surface area contributed by atoms with Gasteiger partial charge in [-0.3, -0.25) is 0 Å². The average Bonchev–Trinajstić information content (AvgIpc) is 2.82. The topological polar surface area (TPSA) is 74.7 Å². The zero-order valence-electron chi connectivity index (χ0n) is 9.79. The molecular weight excluding hydrogens is 274 g/mol. The van der Waals surface area contributed by atoms with Crippen LogP contribution in [0.2, 0.25) is 0 Å². The molecule has 0 amide bonds. The van der Waals surface area contributed by atoms with Crippen LogP contribution in [0.5, 0.6) is 0 Å². The molecule has 0 aromatic heterocycles. The molecule has 18 heavy (non-hydrogen) atoms. The molecule has 1 N–H and O–H groups in total. The van der Waals surface area contributed by atoms with Crippen LogP contribution in [0.15, 0.2) is 23.1 Å². The first-order valence-corrected chi connectivity index (χ1v) is 7.94. The summed E-state index contributed by atoms with van der Waals surface area (Å²) in [7, 11) is -3.58. The molecule has 1 aliphatic heterocycles. The first kappa shape index (κ1) is 13.4. The van der Waals surface area contributed by atoms with Gasteiger partial charge in [-0.05, 0) is 24.6 Å². The highest BCUT2D eigenvalue weighted by Gasteiger charge is 2.29. The number of carboxylic acids is 1. The molecule has 0 saturated carbocycles. The highest BCUT2D eigenvalue weighted by molar-refractivity contribution is 8.00. The van der Waals surface area contributed by atoms with Crippen LogP contribution in [0, 0.1) is 6.92 Å². The van der Waals surface area contributed by atoms with E-state index < -0.39 is 16.0 Å². The standard InChI is InChI=1S/C11H13NO4S2/c1-8-2-3-9(11(13)14)6-10(8)18(15,16)12-4-5-17-7-12/h2-3,6H,4-5,7H2,1H3,(H,13,14). The number of nitrogens with zero attached hydrogens (tertiary/aromatic N) is 1. The molecule has 0 radical (unpaired) electrons. The lowest BCUT2D eigenvalue weighted by Gasteiger charge is -2.16. The number of sulfonamides is 1. The van der Waals surface area contributed by atoms with Crippen molar-refractivity contribution in [3.05, 3.63) is 29.3 Å². The Balaban J connectivity index is 2.49. The quantitative estimate of drug-likeness (QED) is 0.909. The largest absolute Gasteiger partial charge is 0.478 e. The molecular formula is C11H13NO4S2. The van der Waals surface area contributed by atoms with Gasteiger partial charge in [-0.2, -0.15) is 4.31 Å². The van der Waals surface area contributed by atoms with Gasteiger partial charge in [0.25, 0.3) is 0 Å². The fraction of sp³-hybridized carbons (Fsp3) is 0.364. The summed E-state index contributed by atoms with van der Waals surface area (Å²) in [6, 6.07) is 4.17. The summed E-state index contributed by atoms with van der Waals surface area (Å²) < 4.78 is 26.1. The minimum absolute atomic E-state index is 0.00831. The van der Waals surface area contributed by atoms with Crippen molar-refractivity contribution in [1.29, 1.82) is 0 Å². The van der Waals surface area contributed by atoms with Gasteiger partial charge in [-0.15, -0.1) is 11.8 Å². The summed E-state index contributed by atoms with van der Waals surface area (Å²) in [5, 5.41) is 8.92. The lowest BCUT2D eigenvalue weighted by molar-refractivity contribution is 0.0696. The minimum Gasteiger partial charge on any atom is -0.478 e. The molecule has 1 fully saturated rings. The molecule has 1 heterocycles. The summed E-state index contributed by atoms with van der Waals surface area (Å²) in [5.41, 5.74) is 0.558. The van der Waals surface area contributed by atoms with Gasteiger partial charge in [-0.1, -0.05) is 6.07 Å². The molecule has 1 aliphatic rings. The second-order valence-electron chi connectivity index (χ2n) is 4.00. The normalized spacial score (nSPS) is 16.9. The van der Waals surface area contributed by atoms with Gasteiger partial charge < -0.3 is 5.11 Å². The van der Waals surface area contributed by atoms with Crippen molar-refractivity contribution in [2.45, 2.75) is 11.8 Å². The Hall–Kier alpha value is -1.05. The number of aryl methyl sites for hydroxylation is 1. The fourth-order valence-corrected chi connectivity index (χ4v) is 4.80. The zero-order valence-corrected chi connectivity index (χ0v) is 11.4. The van der Waals surface area contributed by atoms with Crippen LogP contribution in [0.3, 0.4) is 0 Å². The third-order valence-electron chi connectivity index (χ3n) is 2.77. The van der Waals surface area contributed by atoms with Crippen LogP contribution in [0.4, 0.5) is 0 Å². The number of carbonyl (C=O) groups is 1. The summed E-state index contributed by atoms with van der Waals surface area (Å²) in [6.07, 6.45) is 0. The number of aromatic carboxylic acids is 1. The molecule has 2 rings (SSSR count). The Morgan fingerprint density at radius 3 is 2.72 bits per heavy atom. The third kappa shape index (κ3) is 2.38. The van der Waals surface area contributed by atoms with E-state index >= 15 is 0 Å². The van der Waals surface area contributed by atoms with Crippen LogP contribution < -0.4 is 0 Å². The minimum atomic E-state index is -3.58. The van der Waals surface area contributed by atoms with E-state index in [9.17, 15) is 13.2 Å². The molecule has 98 valence electrons. The van der Waals surface area contributed by atoms with Gasteiger partial charge in [0, 0.05) is 12.3 Å². The molecule has 1 aromatic rings. The Bertz CT molecular complexity index is 577. The van der Waals surface area contributed by atoms with Crippen molar-refractivity contribution in [2.24, 2.45) is 0 Å². The van der Waals surface area contributed by atoms with E-state index in [1.54, 1.807) is 18.7 Å². The number of thioether (sulfide) groups is 1. The zero-order chi connectivity index (χ0) is 13.3.